The van der Waals surface area contributed by atoms with E-state index >= 15 is 0 Å². The number of hydrogen-bond donors (Lipinski definition) is 2. The van der Waals surface area contributed by atoms with Gasteiger partial charge in [-0.1, -0.05) is 115 Å². The molecular formula is C33H36N2O4. The first-order valence-electron chi connectivity index (χ1n) is 13.2. The average Bonchev–Trinajstić information content (AvgIpc) is 2.94. The van der Waals surface area contributed by atoms with Gasteiger partial charge in [0.15, 0.2) is 0 Å². The number of amides is 2. The van der Waals surface area contributed by atoms with Gasteiger partial charge in [0.1, 0.15) is 11.6 Å². The zero-order chi connectivity index (χ0) is 27.9. The molecule has 0 aliphatic heterocycles. The number of carbonyl (C=O) groups is 3. The van der Waals surface area contributed by atoms with E-state index in [4.69, 9.17) is 4.74 Å². The van der Waals surface area contributed by atoms with E-state index in [1.54, 1.807) is 6.92 Å². The molecule has 0 saturated carbocycles. The zero-order valence-electron chi connectivity index (χ0n) is 22.5. The maximum Gasteiger partial charge on any atom is 0.328 e. The molecule has 0 fully saturated rings. The van der Waals surface area contributed by atoms with Gasteiger partial charge >= 0.3 is 5.97 Å². The Balaban J connectivity index is 1.93. The molecular weight excluding hydrogens is 488 g/mol. The first kappa shape index (κ1) is 29.1. The van der Waals surface area contributed by atoms with Gasteiger partial charge in [0.05, 0.1) is 6.61 Å². The summed E-state index contributed by atoms with van der Waals surface area (Å²) >= 11 is 0. The van der Waals surface area contributed by atoms with Gasteiger partial charge in [0.25, 0.3) is 0 Å². The Kier molecular flexibility index (Phi) is 11.3. The van der Waals surface area contributed by atoms with Gasteiger partial charge in [-0.2, -0.15) is 0 Å². The SMILES string of the molecule is CCOC(=O)[C@H](Cc1ccccc1)NC(=O)C(C/C=C/c1ccccc1)(C/C=C/c1ccccc1)NC(C)=O. The van der Waals surface area contributed by atoms with Crippen LogP contribution in [-0.4, -0.2) is 36.0 Å². The topological polar surface area (TPSA) is 84.5 Å². The van der Waals surface area contributed by atoms with Crippen molar-refractivity contribution in [2.45, 2.75) is 44.7 Å². The van der Waals surface area contributed by atoms with E-state index in [0.717, 1.165) is 16.7 Å². The van der Waals surface area contributed by atoms with Crippen LogP contribution in [0.1, 0.15) is 43.4 Å². The Bertz CT molecular complexity index is 1200. The van der Waals surface area contributed by atoms with Crippen LogP contribution in [0.5, 0.6) is 0 Å². The summed E-state index contributed by atoms with van der Waals surface area (Å²) in [6.07, 6.45) is 8.27. The molecule has 3 aromatic carbocycles. The summed E-state index contributed by atoms with van der Waals surface area (Å²) < 4.78 is 5.28. The molecule has 39 heavy (non-hydrogen) atoms. The van der Waals surface area contributed by atoms with E-state index in [2.05, 4.69) is 10.6 Å². The molecule has 0 aromatic heterocycles. The quantitative estimate of drug-likeness (QED) is 0.295. The molecule has 6 heteroatoms. The summed E-state index contributed by atoms with van der Waals surface area (Å²) in [4.78, 5) is 39.3. The molecule has 0 bridgehead atoms. The molecule has 0 heterocycles. The summed E-state index contributed by atoms with van der Waals surface area (Å²) in [6, 6.07) is 28.0. The second kappa shape index (κ2) is 15.1. The van der Waals surface area contributed by atoms with Crippen molar-refractivity contribution >= 4 is 29.9 Å². The molecule has 202 valence electrons. The lowest BCUT2D eigenvalue weighted by atomic mass is 9.88. The van der Waals surface area contributed by atoms with Crippen LogP contribution in [-0.2, 0) is 25.5 Å². The van der Waals surface area contributed by atoms with E-state index in [1.807, 2.05) is 115 Å². The van der Waals surface area contributed by atoms with Gasteiger partial charge in [-0.25, -0.2) is 4.79 Å². The standard InChI is InChI=1S/C33H36N2O4/c1-3-39-31(37)30(25-29-19-11-6-12-20-29)34-32(38)33(35-26(2)36,23-13-21-27-15-7-4-8-16-27)24-14-22-28-17-9-5-10-18-28/h4-22,30H,3,23-25H2,1-2H3,(H,34,38)(H,35,36)/b21-13+,22-14+/t30-/m0/s1. The van der Waals surface area contributed by atoms with E-state index in [1.165, 1.54) is 6.92 Å². The Hall–Kier alpha value is -4.45. The number of ether oxygens (including phenoxy) is 1. The molecule has 2 amide bonds. The molecule has 3 aromatic rings. The molecule has 0 aliphatic carbocycles. The summed E-state index contributed by atoms with van der Waals surface area (Å²) in [5.74, 6) is -1.32. The molecule has 3 rings (SSSR count). The van der Waals surface area contributed by atoms with Gasteiger partial charge in [-0.15, -0.1) is 0 Å². The minimum absolute atomic E-state index is 0.191. The maximum absolute atomic E-state index is 14.0. The molecule has 0 radical (unpaired) electrons. The molecule has 0 unspecified atom stereocenters. The Morgan fingerprint density at radius 1 is 0.795 bits per heavy atom. The van der Waals surface area contributed by atoms with E-state index in [-0.39, 0.29) is 31.8 Å². The average molecular weight is 525 g/mol. The highest BCUT2D eigenvalue weighted by atomic mass is 16.5. The summed E-state index contributed by atoms with van der Waals surface area (Å²) in [5.41, 5.74) is 1.50. The van der Waals surface area contributed by atoms with Crippen LogP contribution in [0.4, 0.5) is 0 Å². The third kappa shape index (κ3) is 9.42. The second-order valence-corrected chi connectivity index (χ2v) is 9.27. The highest BCUT2D eigenvalue weighted by Gasteiger charge is 2.39. The highest BCUT2D eigenvalue weighted by molar-refractivity contribution is 5.94. The van der Waals surface area contributed by atoms with Crippen LogP contribution in [0.25, 0.3) is 12.2 Å². The third-order valence-electron chi connectivity index (χ3n) is 6.16. The monoisotopic (exact) mass is 524 g/mol. The summed E-state index contributed by atoms with van der Waals surface area (Å²) in [6.45, 7) is 3.30. The molecule has 1 atom stereocenters. The van der Waals surface area contributed by atoms with Crippen LogP contribution in [0.3, 0.4) is 0 Å². The van der Waals surface area contributed by atoms with Crippen molar-refractivity contribution in [3.63, 3.8) is 0 Å². The number of benzene rings is 3. The third-order valence-corrected chi connectivity index (χ3v) is 6.16. The van der Waals surface area contributed by atoms with Crippen molar-refractivity contribution in [2.24, 2.45) is 0 Å². The lowest BCUT2D eigenvalue weighted by Crippen LogP contribution is -2.61. The van der Waals surface area contributed by atoms with E-state index < -0.39 is 23.5 Å². The van der Waals surface area contributed by atoms with Gasteiger partial charge < -0.3 is 15.4 Å². The summed E-state index contributed by atoms with van der Waals surface area (Å²) in [5, 5.41) is 5.80. The van der Waals surface area contributed by atoms with Gasteiger partial charge in [-0.3, -0.25) is 9.59 Å². The fourth-order valence-electron chi connectivity index (χ4n) is 4.27. The van der Waals surface area contributed by atoms with E-state index in [9.17, 15) is 14.4 Å². The van der Waals surface area contributed by atoms with E-state index in [0.29, 0.717) is 0 Å². The normalized spacial score (nSPS) is 12.3. The van der Waals surface area contributed by atoms with Gasteiger partial charge in [-0.05, 0) is 36.5 Å². The van der Waals surface area contributed by atoms with Crippen molar-refractivity contribution in [3.05, 3.63) is 120 Å². The van der Waals surface area contributed by atoms with Crippen LogP contribution in [0, 0.1) is 0 Å². The molecule has 2 N–H and O–H groups in total. The van der Waals surface area contributed by atoms with Crippen LogP contribution >= 0.6 is 0 Å². The Morgan fingerprint density at radius 2 is 1.28 bits per heavy atom. The predicted molar refractivity (Wildman–Crippen MR) is 155 cm³/mol. The lowest BCUT2D eigenvalue weighted by molar-refractivity contribution is -0.148. The van der Waals surface area contributed by atoms with Crippen molar-refractivity contribution in [1.82, 2.24) is 10.6 Å². The van der Waals surface area contributed by atoms with Crippen LogP contribution < -0.4 is 10.6 Å². The Labute approximate surface area is 230 Å². The number of nitrogens with one attached hydrogen (secondary N) is 2. The molecule has 0 aliphatic rings. The number of rotatable bonds is 13. The van der Waals surface area contributed by atoms with Crippen molar-refractivity contribution < 1.29 is 19.1 Å². The first-order chi connectivity index (χ1) is 18.9. The first-order valence-corrected chi connectivity index (χ1v) is 13.2. The van der Waals surface area contributed by atoms with Crippen LogP contribution in [0.15, 0.2) is 103 Å². The largest absolute Gasteiger partial charge is 0.464 e. The molecule has 0 saturated heterocycles. The number of carbonyl (C=O) groups excluding carboxylic acids is 3. The maximum atomic E-state index is 14.0. The fraction of sp³-hybridized carbons (Fsp3) is 0.242. The van der Waals surface area contributed by atoms with Gasteiger partial charge in [0.2, 0.25) is 11.8 Å². The molecule has 0 spiro atoms. The van der Waals surface area contributed by atoms with Crippen molar-refractivity contribution in [1.29, 1.82) is 0 Å². The zero-order valence-corrected chi connectivity index (χ0v) is 22.5. The van der Waals surface area contributed by atoms with Crippen molar-refractivity contribution in [2.75, 3.05) is 6.61 Å². The number of hydrogen-bond acceptors (Lipinski definition) is 4. The number of esters is 1. The summed E-state index contributed by atoms with van der Waals surface area (Å²) in [7, 11) is 0. The predicted octanol–water partition coefficient (Wildman–Crippen LogP) is 5.36. The fourth-order valence-corrected chi connectivity index (χ4v) is 4.27. The smallest absolute Gasteiger partial charge is 0.328 e. The lowest BCUT2D eigenvalue weighted by Gasteiger charge is -2.33. The van der Waals surface area contributed by atoms with Crippen LogP contribution in [0.2, 0.25) is 0 Å². The van der Waals surface area contributed by atoms with Gasteiger partial charge in [0, 0.05) is 13.3 Å². The Morgan fingerprint density at radius 3 is 1.74 bits per heavy atom. The van der Waals surface area contributed by atoms with Crippen molar-refractivity contribution in [3.8, 4) is 0 Å². The minimum Gasteiger partial charge on any atom is -0.464 e. The highest BCUT2D eigenvalue weighted by Crippen LogP contribution is 2.21. The second-order valence-electron chi connectivity index (χ2n) is 9.27. The minimum atomic E-state index is -1.33. The molecule has 6 nitrogen and oxygen atoms in total.